The Hall–Kier alpha value is -2.64. The van der Waals surface area contributed by atoms with Gasteiger partial charge in [0.2, 0.25) is 0 Å². The number of hydrogen-bond donors (Lipinski definition) is 0. The number of ether oxygens (including phenoxy) is 4. The van der Waals surface area contributed by atoms with Gasteiger partial charge in [0.15, 0.2) is 5.79 Å². The van der Waals surface area contributed by atoms with Crippen LogP contribution in [0.5, 0.6) is 0 Å². The van der Waals surface area contributed by atoms with Crippen LogP contribution in [0.15, 0.2) is 30.4 Å². The molecule has 1 saturated carbocycles. The number of amides is 1. The highest BCUT2D eigenvalue weighted by Crippen LogP contribution is 2.37. The van der Waals surface area contributed by atoms with E-state index in [1.165, 1.54) is 0 Å². The van der Waals surface area contributed by atoms with E-state index in [1.807, 2.05) is 79.7 Å². The Balaban J connectivity index is 1.75. The van der Waals surface area contributed by atoms with E-state index in [4.69, 9.17) is 18.9 Å². The summed E-state index contributed by atoms with van der Waals surface area (Å²) in [6.45, 7) is 17.5. The normalized spacial score (nSPS) is 30.8. The molecule has 5 atom stereocenters. The first-order valence-corrected chi connectivity index (χ1v) is 14.2. The van der Waals surface area contributed by atoms with Crippen molar-refractivity contribution in [2.24, 2.45) is 11.8 Å². The molecule has 2 fully saturated rings. The van der Waals surface area contributed by atoms with Crippen molar-refractivity contribution >= 4 is 23.8 Å². The number of benzene rings is 1. The van der Waals surface area contributed by atoms with Crippen LogP contribution in [0.2, 0.25) is 0 Å². The second kappa shape index (κ2) is 11.1. The van der Waals surface area contributed by atoms with Crippen LogP contribution in [0.3, 0.4) is 0 Å². The number of fused-ring (bicyclic) bond motifs is 2. The third-order valence-corrected chi connectivity index (χ3v) is 7.49. The van der Waals surface area contributed by atoms with Gasteiger partial charge in [0, 0.05) is 23.6 Å². The lowest BCUT2D eigenvalue weighted by Gasteiger charge is -2.28. The molecular weight excluding hydrogens is 494 g/mol. The Bertz CT molecular complexity index is 1140. The van der Waals surface area contributed by atoms with Crippen molar-refractivity contribution in [3.05, 3.63) is 47.1 Å². The summed E-state index contributed by atoms with van der Waals surface area (Å²) in [4.78, 5) is 28.4. The standard InChI is InChI=1S/C32H45NO6/c1-19-13-14-20(2)28-26(37-32(8,9)38-28)12-10-11-23-18-25(17-21(3)27(23)29(34)36-22(19)4)33(24-15-16-24)30(35)39-31(5,6)7/h10-11,13-14,17-20,22,24,26,28H,12,15-16H2,1-9H3/b11-10+,14-13-/t19-,20?,22+,26+,28-/m1/s1. The van der Waals surface area contributed by atoms with E-state index in [-0.39, 0.29) is 48.3 Å². The van der Waals surface area contributed by atoms with Gasteiger partial charge in [-0.25, -0.2) is 9.59 Å². The molecule has 2 aliphatic heterocycles. The van der Waals surface area contributed by atoms with Gasteiger partial charge in [0.05, 0.1) is 17.8 Å². The monoisotopic (exact) mass is 539 g/mol. The molecule has 1 aliphatic carbocycles. The molecule has 39 heavy (non-hydrogen) atoms. The number of carbonyl (C=O) groups excluding carboxylic acids is 2. The Kier molecular flexibility index (Phi) is 8.34. The minimum atomic E-state index is -0.670. The Morgan fingerprint density at radius 3 is 2.36 bits per heavy atom. The maximum Gasteiger partial charge on any atom is 0.415 e. The van der Waals surface area contributed by atoms with Gasteiger partial charge in [0.25, 0.3) is 0 Å². The summed E-state index contributed by atoms with van der Waals surface area (Å²) in [7, 11) is 0. The third-order valence-electron chi connectivity index (χ3n) is 7.49. The molecule has 7 nitrogen and oxygen atoms in total. The van der Waals surface area contributed by atoms with E-state index in [9.17, 15) is 9.59 Å². The molecule has 2 heterocycles. The van der Waals surface area contributed by atoms with E-state index in [0.29, 0.717) is 17.5 Å². The second-order valence-corrected chi connectivity index (χ2v) is 12.8. The van der Waals surface area contributed by atoms with Crippen molar-refractivity contribution < 1.29 is 28.5 Å². The van der Waals surface area contributed by atoms with Crippen molar-refractivity contribution in [2.75, 3.05) is 4.90 Å². The molecule has 1 amide bonds. The van der Waals surface area contributed by atoms with Gasteiger partial charge in [-0.1, -0.05) is 38.2 Å². The van der Waals surface area contributed by atoms with Crippen LogP contribution in [-0.2, 0) is 18.9 Å². The molecule has 0 aromatic heterocycles. The van der Waals surface area contributed by atoms with Crippen LogP contribution in [-0.4, -0.2) is 47.8 Å². The highest BCUT2D eigenvalue weighted by atomic mass is 16.8. The zero-order valence-corrected chi connectivity index (χ0v) is 24.9. The van der Waals surface area contributed by atoms with Crippen LogP contribution in [0.4, 0.5) is 10.5 Å². The van der Waals surface area contributed by atoms with Crippen LogP contribution < -0.4 is 4.90 Å². The molecular formula is C32H45NO6. The number of aryl methyl sites for hydroxylation is 1. The van der Waals surface area contributed by atoms with Gasteiger partial charge in [-0.05, 0) is 91.0 Å². The number of nitrogens with zero attached hydrogens (tertiary/aromatic N) is 1. The quantitative estimate of drug-likeness (QED) is 0.292. The molecule has 3 aliphatic rings. The maximum atomic E-state index is 13.5. The van der Waals surface area contributed by atoms with Gasteiger partial charge >= 0.3 is 12.1 Å². The molecule has 1 unspecified atom stereocenters. The lowest BCUT2D eigenvalue weighted by atomic mass is 9.93. The van der Waals surface area contributed by atoms with E-state index in [0.717, 1.165) is 24.1 Å². The number of cyclic esters (lactones) is 1. The zero-order valence-electron chi connectivity index (χ0n) is 24.9. The third kappa shape index (κ3) is 7.12. The van der Waals surface area contributed by atoms with E-state index in [2.05, 4.69) is 19.1 Å². The lowest BCUT2D eigenvalue weighted by molar-refractivity contribution is -0.148. The molecule has 7 heteroatoms. The number of carbonyl (C=O) groups is 2. The molecule has 1 aromatic rings. The van der Waals surface area contributed by atoms with Gasteiger partial charge in [-0.15, -0.1) is 0 Å². The van der Waals surface area contributed by atoms with Crippen molar-refractivity contribution in [1.29, 1.82) is 0 Å². The number of anilines is 1. The topological polar surface area (TPSA) is 74.3 Å². The molecule has 0 bridgehead atoms. The molecule has 4 rings (SSSR count). The fourth-order valence-corrected chi connectivity index (χ4v) is 5.23. The van der Waals surface area contributed by atoms with Gasteiger partial charge in [-0.2, -0.15) is 0 Å². The maximum absolute atomic E-state index is 13.5. The minimum absolute atomic E-state index is 0.0178. The molecule has 1 saturated heterocycles. The van der Waals surface area contributed by atoms with Crippen molar-refractivity contribution in [3.8, 4) is 0 Å². The van der Waals surface area contributed by atoms with Crippen LogP contribution in [0.1, 0.15) is 96.1 Å². The van der Waals surface area contributed by atoms with E-state index in [1.54, 1.807) is 4.90 Å². The summed E-state index contributed by atoms with van der Waals surface area (Å²) in [6.07, 6.45) is 9.75. The lowest BCUT2D eigenvalue weighted by Crippen LogP contribution is -2.38. The van der Waals surface area contributed by atoms with E-state index >= 15 is 0 Å². The van der Waals surface area contributed by atoms with Gasteiger partial charge in [-0.3, -0.25) is 4.90 Å². The first kappa shape index (κ1) is 29.3. The smallest absolute Gasteiger partial charge is 0.415 e. The zero-order chi connectivity index (χ0) is 28.7. The average Bonchev–Trinajstić information content (AvgIpc) is 3.57. The summed E-state index contributed by atoms with van der Waals surface area (Å²) in [5.41, 5.74) is 2.08. The minimum Gasteiger partial charge on any atom is -0.458 e. The predicted molar refractivity (Wildman–Crippen MR) is 153 cm³/mol. The van der Waals surface area contributed by atoms with E-state index < -0.39 is 11.4 Å². The first-order valence-electron chi connectivity index (χ1n) is 14.2. The highest BCUT2D eigenvalue weighted by molar-refractivity contribution is 5.98. The molecule has 0 spiro atoms. The summed E-state index contributed by atoms with van der Waals surface area (Å²) in [5.74, 6) is -0.896. The largest absolute Gasteiger partial charge is 0.458 e. The van der Waals surface area contributed by atoms with Crippen LogP contribution in [0, 0.1) is 18.8 Å². The predicted octanol–water partition coefficient (Wildman–Crippen LogP) is 7.21. The molecule has 0 N–H and O–H groups in total. The Morgan fingerprint density at radius 1 is 1.05 bits per heavy atom. The van der Waals surface area contributed by atoms with Crippen LogP contribution >= 0.6 is 0 Å². The average molecular weight is 540 g/mol. The summed E-state index contributed by atoms with van der Waals surface area (Å²) in [5, 5.41) is 0. The van der Waals surface area contributed by atoms with Crippen LogP contribution in [0.25, 0.3) is 6.08 Å². The Labute approximate surface area is 233 Å². The fourth-order valence-electron chi connectivity index (χ4n) is 5.23. The molecule has 0 radical (unpaired) electrons. The van der Waals surface area contributed by atoms with Gasteiger partial charge < -0.3 is 18.9 Å². The highest BCUT2D eigenvalue weighted by Gasteiger charge is 2.43. The summed E-state index contributed by atoms with van der Waals surface area (Å²) in [6, 6.07) is 3.88. The molecule has 1 aromatic carbocycles. The SMILES string of the molecule is Cc1cc(N(C(=O)OC(C)(C)C)C2CC2)cc2c1C(=O)O[C@@H](C)[C@H](C)/C=C\C(C)[C@H]1OC(C)(C)O[C@H]1C/C=C/2. The summed E-state index contributed by atoms with van der Waals surface area (Å²) < 4.78 is 24.3. The Morgan fingerprint density at radius 2 is 1.72 bits per heavy atom. The van der Waals surface area contributed by atoms with Crippen molar-refractivity contribution in [2.45, 2.75) is 117 Å². The van der Waals surface area contributed by atoms with Gasteiger partial charge in [0.1, 0.15) is 11.7 Å². The van der Waals surface area contributed by atoms with Crippen molar-refractivity contribution in [1.82, 2.24) is 0 Å². The number of hydrogen-bond acceptors (Lipinski definition) is 6. The molecule has 214 valence electrons. The summed E-state index contributed by atoms with van der Waals surface area (Å²) >= 11 is 0. The van der Waals surface area contributed by atoms with Crippen molar-refractivity contribution in [3.63, 3.8) is 0 Å². The fraction of sp³-hybridized carbons (Fsp3) is 0.625. The number of rotatable bonds is 2. The first-order chi connectivity index (χ1) is 18.1. The number of esters is 1. The second-order valence-electron chi connectivity index (χ2n) is 12.8.